The molecule has 2 aromatic carbocycles. The van der Waals surface area contributed by atoms with Crippen molar-refractivity contribution in [2.24, 2.45) is 0 Å². The fourth-order valence-corrected chi connectivity index (χ4v) is 4.27. The van der Waals surface area contributed by atoms with E-state index in [1.54, 1.807) is 18.2 Å². The lowest BCUT2D eigenvalue weighted by atomic mass is 10.1. The first kappa shape index (κ1) is 22.0. The Hall–Kier alpha value is -2.74. The van der Waals surface area contributed by atoms with Crippen LogP contribution < -0.4 is 19.1 Å². The number of carbonyl (C=O) groups excluding carboxylic acids is 1. The van der Waals surface area contributed by atoms with Crippen LogP contribution in [0.4, 0.5) is 5.69 Å². The van der Waals surface area contributed by atoms with Gasteiger partial charge in [-0.3, -0.25) is 9.10 Å². The maximum absolute atomic E-state index is 12.3. The Kier molecular flexibility index (Phi) is 6.87. The predicted octanol–water partition coefficient (Wildman–Crippen LogP) is 3.19. The molecule has 0 bridgehead atoms. The van der Waals surface area contributed by atoms with E-state index in [0.29, 0.717) is 36.8 Å². The highest BCUT2D eigenvalue weighted by Gasteiger charge is 2.21. The third-order valence-corrected chi connectivity index (χ3v) is 6.13. The molecule has 8 heteroatoms. The molecule has 0 aromatic heterocycles. The van der Waals surface area contributed by atoms with Crippen LogP contribution in [-0.4, -0.2) is 40.3 Å². The van der Waals surface area contributed by atoms with E-state index >= 15 is 0 Å². The monoisotopic (exact) mass is 432 g/mol. The van der Waals surface area contributed by atoms with Gasteiger partial charge in [-0.1, -0.05) is 29.8 Å². The van der Waals surface area contributed by atoms with Crippen molar-refractivity contribution in [1.82, 2.24) is 5.32 Å². The smallest absolute Gasteiger partial charge is 0.232 e. The van der Waals surface area contributed by atoms with E-state index in [0.717, 1.165) is 17.4 Å². The Labute approximate surface area is 178 Å². The molecule has 1 N–H and O–H groups in total. The molecule has 1 atom stereocenters. The van der Waals surface area contributed by atoms with Gasteiger partial charge in [0.25, 0.3) is 0 Å². The Morgan fingerprint density at radius 2 is 1.77 bits per heavy atom. The van der Waals surface area contributed by atoms with Crippen LogP contribution in [0.3, 0.4) is 0 Å². The zero-order chi connectivity index (χ0) is 21.7. The number of hydrogen-bond acceptors (Lipinski definition) is 5. The quantitative estimate of drug-likeness (QED) is 0.693. The maximum Gasteiger partial charge on any atom is 0.232 e. The van der Waals surface area contributed by atoms with Crippen molar-refractivity contribution in [2.45, 2.75) is 32.7 Å². The van der Waals surface area contributed by atoms with E-state index in [9.17, 15) is 13.2 Å². The fraction of sp³-hybridized carbons (Fsp3) is 0.409. The molecule has 162 valence electrons. The molecule has 0 saturated heterocycles. The number of aryl methyl sites for hydroxylation is 1. The van der Waals surface area contributed by atoms with Crippen LogP contribution in [-0.2, 0) is 14.8 Å². The first-order valence-electron chi connectivity index (χ1n) is 9.97. The molecule has 1 heterocycles. The van der Waals surface area contributed by atoms with Gasteiger partial charge in [-0.25, -0.2) is 8.42 Å². The third-order valence-electron chi connectivity index (χ3n) is 4.93. The highest BCUT2D eigenvalue weighted by Crippen LogP contribution is 2.34. The van der Waals surface area contributed by atoms with Crippen LogP contribution in [0, 0.1) is 6.92 Å². The summed E-state index contributed by atoms with van der Waals surface area (Å²) >= 11 is 0. The number of fused-ring (bicyclic) bond motifs is 1. The summed E-state index contributed by atoms with van der Waals surface area (Å²) in [6.07, 6.45) is 1.78. The summed E-state index contributed by atoms with van der Waals surface area (Å²) < 4.78 is 37.0. The molecule has 30 heavy (non-hydrogen) atoms. The minimum atomic E-state index is -3.51. The van der Waals surface area contributed by atoms with Gasteiger partial charge in [0.15, 0.2) is 11.5 Å². The number of hydrogen-bond donors (Lipinski definition) is 1. The summed E-state index contributed by atoms with van der Waals surface area (Å²) in [6.45, 7) is 5.04. The molecule has 1 aliphatic heterocycles. The standard InChI is InChI=1S/C22H28N2O5S/c1-16-6-8-18(9-7-16)17(2)23-22(25)5-4-12-24(30(3,26)27)19-10-11-20-21(15-19)29-14-13-28-20/h6-11,15,17H,4-5,12-14H2,1-3H3,(H,23,25)/t17-/m0/s1. The number of rotatable bonds is 8. The van der Waals surface area contributed by atoms with Crippen LogP contribution in [0.25, 0.3) is 0 Å². The van der Waals surface area contributed by atoms with Crippen LogP contribution >= 0.6 is 0 Å². The Morgan fingerprint density at radius 1 is 1.10 bits per heavy atom. The highest BCUT2D eigenvalue weighted by molar-refractivity contribution is 7.92. The molecule has 0 radical (unpaired) electrons. The molecule has 3 rings (SSSR count). The Balaban J connectivity index is 1.59. The van der Waals surface area contributed by atoms with Gasteiger partial charge in [-0.05, 0) is 38.0 Å². The molecule has 0 saturated carbocycles. The van der Waals surface area contributed by atoms with Gasteiger partial charge in [0.1, 0.15) is 13.2 Å². The summed E-state index contributed by atoms with van der Waals surface area (Å²) in [4.78, 5) is 12.3. The SMILES string of the molecule is Cc1ccc([C@H](C)NC(=O)CCCN(c2ccc3c(c2)OCCO3)S(C)(=O)=O)cc1. The number of carbonyl (C=O) groups is 1. The molecular formula is C22H28N2O5S. The number of amides is 1. The summed E-state index contributed by atoms with van der Waals surface area (Å²) in [5, 5.41) is 2.97. The van der Waals surface area contributed by atoms with Crippen LogP contribution in [0.5, 0.6) is 11.5 Å². The number of anilines is 1. The first-order chi connectivity index (χ1) is 14.2. The second-order valence-electron chi connectivity index (χ2n) is 7.47. The largest absolute Gasteiger partial charge is 0.486 e. The van der Waals surface area contributed by atoms with Gasteiger partial charge in [0.2, 0.25) is 15.9 Å². The molecular weight excluding hydrogens is 404 g/mol. The zero-order valence-corrected chi connectivity index (χ0v) is 18.4. The second kappa shape index (κ2) is 9.38. The molecule has 0 unspecified atom stereocenters. The summed E-state index contributed by atoms with van der Waals surface area (Å²) in [7, 11) is -3.51. The summed E-state index contributed by atoms with van der Waals surface area (Å²) in [5.74, 6) is 1.01. The average molecular weight is 433 g/mol. The van der Waals surface area contributed by atoms with E-state index in [1.165, 1.54) is 4.31 Å². The third kappa shape index (κ3) is 5.66. The van der Waals surface area contributed by atoms with Crippen molar-refractivity contribution in [3.8, 4) is 11.5 Å². The molecule has 1 amide bonds. The lowest BCUT2D eigenvalue weighted by molar-refractivity contribution is -0.121. The first-order valence-corrected chi connectivity index (χ1v) is 11.8. The van der Waals surface area contributed by atoms with Crippen molar-refractivity contribution < 1.29 is 22.7 Å². The van der Waals surface area contributed by atoms with Crippen molar-refractivity contribution >= 4 is 21.6 Å². The van der Waals surface area contributed by atoms with Crippen molar-refractivity contribution in [1.29, 1.82) is 0 Å². The van der Waals surface area contributed by atoms with Gasteiger partial charge in [-0.2, -0.15) is 0 Å². The normalized spacial score (nSPS) is 14.1. The summed E-state index contributed by atoms with van der Waals surface area (Å²) in [5.41, 5.74) is 2.69. The van der Waals surface area contributed by atoms with Crippen LogP contribution in [0.2, 0.25) is 0 Å². The fourth-order valence-electron chi connectivity index (χ4n) is 3.31. The summed E-state index contributed by atoms with van der Waals surface area (Å²) in [6, 6.07) is 13.0. The van der Waals surface area contributed by atoms with Gasteiger partial charge in [0, 0.05) is 19.0 Å². The van der Waals surface area contributed by atoms with Gasteiger partial charge in [0.05, 0.1) is 18.0 Å². The molecule has 0 spiro atoms. The van der Waals surface area contributed by atoms with Gasteiger partial charge < -0.3 is 14.8 Å². The number of nitrogens with zero attached hydrogens (tertiary/aromatic N) is 1. The minimum absolute atomic E-state index is 0.109. The van der Waals surface area contributed by atoms with Gasteiger partial charge in [-0.15, -0.1) is 0 Å². The van der Waals surface area contributed by atoms with E-state index in [-0.39, 0.29) is 24.9 Å². The van der Waals surface area contributed by atoms with Crippen molar-refractivity contribution in [3.05, 3.63) is 53.6 Å². The topological polar surface area (TPSA) is 84.9 Å². The van der Waals surface area contributed by atoms with Crippen molar-refractivity contribution in [2.75, 3.05) is 30.3 Å². The predicted molar refractivity (Wildman–Crippen MR) is 117 cm³/mol. The highest BCUT2D eigenvalue weighted by atomic mass is 32.2. The van der Waals surface area contributed by atoms with Crippen molar-refractivity contribution in [3.63, 3.8) is 0 Å². The lowest BCUT2D eigenvalue weighted by Crippen LogP contribution is -2.32. The van der Waals surface area contributed by atoms with E-state index in [4.69, 9.17) is 9.47 Å². The lowest BCUT2D eigenvalue weighted by Gasteiger charge is -2.25. The molecule has 7 nitrogen and oxygen atoms in total. The number of benzene rings is 2. The number of ether oxygens (including phenoxy) is 2. The Morgan fingerprint density at radius 3 is 2.43 bits per heavy atom. The molecule has 0 aliphatic carbocycles. The Bertz CT molecular complexity index is 989. The molecule has 1 aliphatic rings. The minimum Gasteiger partial charge on any atom is -0.486 e. The maximum atomic E-state index is 12.3. The molecule has 0 fully saturated rings. The second-order valence-corrected chi connectivity index (χ2v) is 9.37. The number of sulfonamides is 1. The average Bonchev–Trinajstić information content (AvgIpc) is 2.70. The van der Waals surface area contributed by atoms with Gasteiger partial charge >= 0.3 is 0 Å². The van der Waals surface area contributed by atoms with Crippen LogP contribution in [0.15, 0.2) is 42.5 Å². The van der Waals surface area contributed by atoms with E-state index < -0.39 is 10.0 Å². The van der Waals surface area contributed by atoms with E-state index in [1.807, 2.05) is 38.1 Å². The molecule has 2 aromatic rings. The zero-order valence-electron chi connectivity index (χ0n) is 17.6. The van der Waals surface area contributed by atoms with Crippen LogP contribution in [0.1, 0.15) is 36.9 Å². The number of nitrogens with one attached hydrogen (secondary N) is 1. The van der Waals surface area contributed by atoms with E-state index in [2.05, 4.69) is 5.32 Å².